The van der Waals surface area contributed by atoms with Crippen LogP contribution in [0.2, 0.25) is 5.02 Å². The van der Waals surface area contributed by atoms with Crippen molar-refractivity contribution in [1.82, 2.24) is 20.3 Å². The van der Waals surface area contributed by atoms with Crippen molar-refractivity contribution in [3.05, 3.63) is 52.4 Å². The van der Waals surface area contributed by atoms with Gasteiger partial charge in [-0.2, -0.15) is 10.2 Å². The zero-order valence-electron chi connectivity index (χ0n) is 20.7. The van der Waals surface area contributed by atoms with Crippen LogP contribution in [0.4, 0.5) is 5.82 Å². The second kappa shape index (κ2) is 11.8. The molecule has 2 aliphatic carbocycles. The van der Waals surface area contributed by atoms with E-state index in [1.54, 1.807) is 5.01 Å². The molecule has 2 saturated carbocycles. The number of nitriles is 1. The molecule has 1 amide bonds. The Bertz CT molecular complexity index is 1040. The van der Waals surface area contributed by atoms with Crippen LogP contribution in [-0.2, 0) is 6.54 Å². The molecule has 1 N–H and O–H groups in total. The van der Waals surface area contributed by atoms with Crippen LogP contribution in [0.5, 0.6) is 0 Å². The van der Waals surface area contributed by atoms with Gasteiger partial charge in [0.1, 0.15) is 11.1 Å². The van der Waals surface area contributed by atoms with Crippen molar-refractivity contribution in [1.29, 1.82) is 5.26 Å². The highest BCUT2D eigenvalue weighted by atomic mass is 35.5. The molecule has 0 atom stereocenters. The minimum atomic E-state index is -0.218. The molecule has 0 unspecified atom stereocenters. The first kappa shape index (κ1) is 25.4. The molecular formula is C27H35ClN6O. The van der Waals surface area contributed by atoms with E-state index in [4.69, 9.17) is 11.6 Å². The number of amides is 1. The van der Waals surface area contributed by atoms with E-state index in [1.807, 2.05) is 18.2 Å². The zero-order valence-corrected chi connectivity index (χ0v) is 21.5. The molecular weight excluding hydrogens is 460 g/mol. The number of hydrazine groups is 1. The molecule has 0 spiro atoms. The van der Waals surface area contributed by atoms with Crippen molar-refractivity contribution in [2.75, 3.05) is 5.01 Å². The zero-order chi connectivity index (χ0) is 24.8. The molecule has 35 heavy (non-hydrogen) atoms. The number of hydrogen-bond donors (Lipinski definition) is 1. The van der Waals surface area contributed by atoms with Crippen molar-refractivity contribution in [3.8, 4) is 6.07 Å². The predicted molar refractivity (Wildman–Crippen MR) is 138 cm³/mol. The number of carbonyl (C=O) groups excluding carboxylic acids is 1. The van der Waals surface area contributed by atoms with Gasteiger partial charge in [-0.1, -0.05) is 55.8 Å². The van der Waals surface area contributed by atoms with Gasteiger partial charge in [-0.05, 0) is 57.2 Å². The third-order valence-corrected chi connectivity index (χ3v) is 7.52. The Balaban J connectivity index is 1.48. The van der Waals surface area contributed by atoms with Gasteiger partial charge in [-0.25, -0.2) is 4.98 Å². The minimum Gasteiger partial charge on any atom is -0.294 e. The molecule has 0 bridgehead atoms. The Labute approximate surface area is 213 Å². The van der Waals surface area contributed by atoms with Gasteiger partial charge < -0.3 is 0 Å². The lowest BCUT2D eigenvalue weighted by atomic mass is 9.93. The molecule has 0 radical (unpaired) electrons. The average molecular weight is 495 g/mol. The summed E-state index contributed by atoms with van der Waals surface area (Å²) in [6.07, 6.45) is 11.9. The third kappa shape index (κ3) is 6.31. The molecule has 2 fully saturated rings. The summed E-state index contributed by atoms with van der Waals surface area (Å²) in [4.78, 5) is 24.0. The first-order valence-corrected chi connectivity index (χ1v) is 13.2. The van der Waals surface area contributed by atoms with Gasteiger partial charge in [0.2, 0.25) is 5.82 Å². The van der Waals surface area contributed by atoms with Gasteiger partial charge in [0.15, 0.2) is 5.82 Å². The van der Waals surface area contributed by atoms with E-state index in [-0.39, 0.29) is 17.8 Å². The summed E-state index contributed by atoms with van der Waals surface area (Å²) in [5.41, 5.74) is 4.81. The van der Waals surface area contributed by atoms with E-state index in [2.05, 4.69) is 46.3 Å². The van der Waals surface area contributed by atoms with Crippen LogP contribution in [0.3, 0.4) is 0 Å². The van der Waals surface area contributed by atoms with E-state index in [0.717, 1.165) is 32.2 Å². The third-order valence-electron chi connectivity index (χ3n) is 7.25. The van der Waals surface area contributed by atoms with Crippen LogP contribution in [-0.4, -0.2) is 38.9 Å². The number of rotatable bonds is 8. The van der Waals surface area contributed by atoms with E-state index in [9.17, 15) is 10.1 Å². The Morgan fingerprint density at radius 1 is 1.09 bits per heavy atom. The van der Waals surface area contributed by atoms with Gasteiger partial charge in [0, 0.05) is 24.2 Å². The highest BCUT2D eigenvalue weighted by Gasteiger charge is 2.28. The lowest BCUT2D eigenvalue weighted by Crippen LogP contribution is -2.48. The Morgan fingerprint density at radius 2 is 1.71 bits per heavy atom. The summed E-state index contributed by atoms with van der Waals surface area (Å²) in [6, 6.07) is 11.0. The largest absolute Gasteiger partial charge is 0.294 e. The summed E-state index contributed by atoms with van der Waals surface area (Å²) in [6.45, 7) is 5.43. The molecule has 0 aliphatic heterocycles. The molecule has 0 saturated heterocycles. The first-order chi connectivity index (χ1) is 17.0. The van der Waals surface area contributed by atoms with Crippen LogP contribution < -0.4 is 10.4 Å². The topological polar surface area (TPSA) is 85.2 Å². The van der Waals surface area contributed by atoms with Crippen LogP contribution in [0.15, 0.2) is 30.5 Å². The number of hydrogen-bond acceptors (Lipinski definition) is 6. The van der Waals surface area contributed by atoms with Gasteiger partial charge >= 0.3 is 0 Å². The maximum atomic E-state index is 13.2. The molecule has 1 aromatic heterocycles. The predicted octanol–water partition coefficient (Wildman–Crippen LogP) is 5.64. The molecule has 4 rings (SSSR count). The summed E-state index contributed by atoms with van der Waals surface area (Å²) in [5.74, 6) is 0.179. The molecule has 7 nitrogen and oxygen atoms in total. The van der Waals surface area contributed by atoms with Crippen molar-refractivity contribution in [3.63, 3.8) is 0 Å². The normalized spacial score (nSPS) is 17.0. The van der Waals surface area contributed by atoms with E-state index in [1.165, 1.54) is 43.9 Å². The number of anilines is 1. The molecule has 2 aromatic rings. The first-order valence-electron chi connectivity index (χ1n) is 12.8. The number of nitrogens with one attached hydrogen (secondary N) is 1. The lowest BCUT2D eigenvalue weighted by molar-refractivity contribution is 0.0943. The molecule has 8 heteroatoms. The van der Waals surface area contributed by atoms with Gasteiger partial charge in [0.25, 0.3) is 5.91 Å². The quantitative estimate of drug-likeness (QED) is 0.478. The van der Waals surface area contributed by atoms with Crippen LogP contribution in [0.1, 0.15) is 93.4 Å². The van der Waals surface area contributed by atoms with E-state index < -0.39 is 0 Å². The summed E-state index contributed by atoms with van der Waals surface area (Å²) in [5, 5.41) is 11.3. The highest BCUT2D eigenvalue weighted by molar-refractivity contribution is 6.32. The maximum absolute atomic E-state index is 13.2. The highest BCUT2D eigenvalue weighted by Crippen LogP contribution is 2.30. The maximum Gasteiger partial charge on any atom is 0.269 e. The van der Waals surface area contributed by atoms with Crippen molar-refractivity contribution < 1.29 is 4.79 Å². The summed E-state index contributed by atoms with van der Waals surface area (Å²) in [7, 11) is 0. The van der Waals surface area contributed by atoms with Crippen LogP contribution in [0, 0.1) is 11.3 Å². The average Bonchev–Trinajstić information content (AvgIpc) is 3.42. The molecule has 2 aliphatic rings. The molecule has 1 aromatic carbocycles. The summed E-state index contributed by atoms with van der Waals surface area (Å²) >= 11 is 6.38. The number of halogens is 1. The van der Waals surface area contributed by atoms with E-state index in [0.29, 0.717) is 28.5 Å². The Kier molecular flexibility index (Phi) is 8.59. The minimum absolute atomic E-state index is 0.0265. The van der Waals surface area contributed by atoms with Crippen molar-refractivity contribution in [2.24, 2.45) is 0 Å². The monoisotopic (exact) mass is 494 g/mol. The van der Waals surface area contributed by atoms with Gasteiger partial charge in [0.05, 0.1) is 12.2 Å². The van der Waals surface area contributed by atoms with Crippen LogP contribution >= 0.6 is 11.6 Å². The SMILES string of the molecule is CC(C)N(Cc1ccc(C(=O)NN(c2nc(C#N)ncc2Cl)C2CCCC2)cc1)C1CCCCC1. The Hall–Kier alpha value is -2.69. The Morgan fingerprint density at radius 3 is 2.34 bits per heavy atom. The van der Waals surface area contributed by atoms with Crippen molar-refractivity contribution >= 4 is 23.3 Å². The standard InChI is InChI=1S/C27H35ClN6O/c1-19(2)33(22-8-4-3-5-9-22)18-20-12-14-21(15-13-20)27(35)32-34(23-10-6-7-11-23)26-24(28)17-30-25(16-29)31-26/h12-15,17,19,22-23H,3-11,18H2,1-2H3,(H,32,35). The summed E-state index contributed by atoms with van der Waals surface area (Å²) < 4.78 is 0. The smallest absolute Gasteiger partial charge is 0.269 e. The number of carbonyl (C=O) groups is 1. The van der Waals surface area contributed by atoms with E-state index >= 15 is 0 Å². The fourth-order valence-electron chi connectivity index (χ4n) is 5.35. The number of aromatic nitrogens is 2. The second-order valence-corrected chi connectivity index (χ2v) is 10.4. The fourth-order valence-corrected chi connectivity index (χ4v) is 5.53. The van der Waals surface area contributed by atoms with Crippen LogP contribution in [0.25, 0.3) is 0 Å². The second-order valence-electron chi connectivity index (χ2n) is 9.98. The van der Waals surface area contributed by atoms with Gasteiger partial charge in [-0.15, -0.1) is 0 Å². The van der Waals surface area contributed by atoms with Crippen molar-refractivity contribution in [2.45, 2.75) is 96.3 Å². The number of nitrogens with zero attached hydrogens (tertiary/aromatic N) is 5. The fraction of sp³-hybridized carbons (Fsp3) is 0.556. The lowest BCUT2D eigenvalue weighted by Gasteiger charge is -2.37. The molecule has 186 valence electrons. The molecule has 1 heterocycles. The number of benzene rings is 1. The van der Waals surface area contributed by atoms with Gasteiger partial charge in [-0.3, -0.25) is 20.1 Å².